The summed E-state index contributed by atoms with van der Waals surface area (Å²) in [5, 5.41) is 13.5. The first-order valence-electron chi connectivity index (χ1n) is 9.61. The third-order valence-electron chi connectivity index (χ3n) is 4.89. The highest BCUT2D eigenvalue weighted by atomic mass is 19.4. The number of alkyl halides is 3. The monoisotopic (exact) mass is 472 g/mol. The van der Waals surface area contributed by atoms with E-state index in [0.29, 0.717) is 11.3 Å². The van der Waals surface area contributed by atoms with Crippen molar-refractivity contribution in [2.45, 2.75) is 13.1 Å². The van der Waals surface area contributed by atoms with Crippen molar-refractivity contribution in [2.24, 2.45) is 0 Å². The molecule has 174 valence electrons. The number of halogens is 3. The molecule has 4 aromatic rings. The molecule has 0 saturated carbocycles. The van der Waals surface area contributed by atoms with E-state index in [-0.39, 0.29) is 33.9 Å². The molecule has 34 heavy (non-hydrogen) atoms. The van der Waals surface area contributed by atoms with Crippen molar-refractivity contribution >= 4 is 28.4 Å². The lowest BCUT2D eigenvalue weighted by Gasteiger charge is -2.11. The molecule has 13 heteroatoms. The molecule has 0 aliphatic rings. The van der Waals surface area contributed by atoms with Crippen molar-refractivity contribution < 1.29 is 27.6 Å². The van der Waals surface area contributed by atoms with Gasteiger partial charge in [0.05, 0.1) is 35.5 Å². The average molecular weight is 472 g/mol. The highest BCUT2D eigenvalue weighted by molar-refractivity contribution is 6.04. The zero-order valence-corrected chi connectivity index (χ0v) is 17.6. The van der Waals surface area contributed by atoms with Gasteiger partial charge >= 0.3 is 6.18 Å². The van der Waals surface area contributed by atoms with Crippen LogP contribution >= 0.6 is 0 Å². The number of amides is 1. The Hall–Kier alpha value is -4.55. The average Bonchev–Trinajstić information content (AvgIpc) is 3.19. The van der Waals surface area contributed by atoms with Crippen LogP contribution in [0.4, 0.5) is 24.7 Å². The second-order valence-electron chi connectivity index (χ2n) is 7.10. The van der Waals surface area contributed by atoms with Gasteiger partial charge in [-0.25, -0.2) is 15.0 Å². The van der Waals surface area contributed by atoms with Crippen LogP contribution in [0.5, 0.6) is 5.75 Å². The summed E-state index contributed by atoms with van der Waals surface area (Å²) in [6.07, 6.45) is -2.65. The topological polar surface area (TPSA) is 125 Å². The van der Waals surface area contributed by atoms with Crippen LogP contribution in [0.2, 0.25) is 0 Å². The van der Waals surface area contributed by atoms with Crippen LogP contribution in [0.25, 0.3) is 16.9 Å². The first-order chi connectivity index (χ1) is 16.1. The number of nitrogens with zero attached hydrogens (tertiary/aromatic N) is 5. The van der Waals surface area contributed by atoms with Gasteiger partial charge in [0.25, 0.3) is 11.6 Å². The largest absolute Gasteiger partial charge is 0.497 e. The van der Waals surface area contributed by atoms with E-state index in [0.717, 1.165) is 23.0 Å². The molecule has 0 aliphatic heterocycles. The highest BCUT2D eigenvalue weighted by Gasteiger charge is 2.38. The fraction of sp³-hybridized carbons (Fsp3) is 0.143. The molecule has 2 aromatic heterocycles. The number of nitrogens with one attached hydrogen (secondary N) is 1. The number of methoxy groups -OCH3 is 1. The van der Waals surface area contributed by atoms with E-state index in [1.807, 2.05) is 0 Å². The molecule has 0 radical (unpaired) electrons. The number of hydrogen-bond donors (Lipinski definition) is 1. The Labute approximate surface area is 189 Å². The van der Waals surface area contributed by atoms with Crippen molar-refractivity contribution in [3.8, 4) is 11.6 Å². The van der Waals surface area contributed by atoms with Gasteiger partial charge in [0.1, 0.15) is 5.75 Å². The smallest absolute Gasteiger partial charge is 0.450 e. The number of nitro benzene ring substituents is 1. The lowest BCUT2D eigenvalue weighted by molar-refractivity contribution is -0.385. The lowest BCUT2D eigenvalue weighted by Crippen LogP contribution is -2.16. The Morgan fingerprint density at radius 3 is 2.53 bits per heavy atom. The minimum Gasteiger partial charge on any atom is -0.497 e. The molecule has 0 unspecified atom stereocenters. The number of aromatic nitrogens is 4. The Kier molecular flexibility index (Phi) is 5.61. The van der Waals surface area contributed by atoms with Gasteiger partial charge in [-0.15, -0.1) is 0 Å². The Bertz CT molecular complexity index is 1420. The second-order valence-corrected chi connectivity index (χ2v) is 7.10. The van der Waals surface area contributed by atoms with E-state index >= 15 is 0 Å². The van der Waals surface area contributed by atoms with Crippen molar-refractivity contribution in [1.82, 2.24) is 19.5 Å². The van der Waals surface area contributed by atoms with Gasteiger partial charge < -0.3 is 10.1 Å². The summed E-state index contributed by atoms with van der Waals surface area (Å²) in [5.41, 5.74) is 0.351. The van der Waals surface area contributed by atoms with E-state index < -0.39 is 22.8 Å². The van der Waals surface area contributed by atoms with Crippen LogP contribution in [-0.4, -0.2) is 37.5 Å². The summed E-state index contributed by atoms with van der Waals surface area (Å²) < 4.78 is 46.8. The normalized spacial score (nSPS) is 11.4. The molecule has 0 bridgehead atoms. The molecule has 0 spiro atoms. The number of benzene rings is 2. The van der Waals surface area contributed by atoms with Crippen LogP contribution in [0.1, 0.15) is 21.7 Å². The minimum atomic E-state index is -4.78. The van der Waals surface area contributed by atoms with Crippen LogP contribution in [0.15, 0.2) is 48.8 Å². The van der Waals surface area contributed by atoms with E-state index in [9.17, 15) is 28.1 Å². The van der Waals surface area contributed by atoms with Gasteiger partial charge in [0, 0.05) is 23.3 Å². The first kappa shape index (κ1) is 22.6. The molecule has 0 atom stereocenters. The number of aryl methyl sites for hydroxylation is 1. The number of carbonyl (C=O) groups is 1. The number of imidazole rings is 1. The van der Waals surface area contributed by atoms with E-state index in [1.54, 1.807) is 0 Å². The molecule has 1 N–H and O–H groups in total. The predicted molar refractivity (Wildman–Crippen MR) is 114 cm³/mol. The Morgan fingerprint density at radius 2 is 1.91 bits per heavy atom. The fourth-order valence-electron chi connectivity index (χ4n) is 3.25. The van der Waals surface area contributed by atoms with Gasteiger partial charge in [0.2, 0.25) is 5.82 Å². The van der Waals surface area contributed by atoms with Crippen molar-refractivity contribution in [3.05, 3.63) is 75.9 Å². The number of rotatable bonds is 5. The van der Waals surface area contributed by atoms with Gasteiger partial charge in [-0.3, -0.25) is 19.5 Å². The summed E-state index contributed by atoms with van der Waals surface area (Å²) in [5.74, 6) is -1.79. The molecule has 10 nitrogen and oxygen atoms in total. The molecular weight excluding hydrogens is 457 g/mol. The second kappa shape index (κ2) is 8.42. The lowest BCUT2D eigenvalue weighted by atomic mass is 10.1. The summed E-state index contributed by atoms with van der Waals surface area (Å²) in [6.45, 7) is 1.54. The number of nitro groups is 1. The number of anilines is 1. The van der Waals surface area contributed by atoms with Crippen molar-refractivity contribution in [3.63, 3.8) is 0 Å². The van der Waals surface area contributed by atoms with Crippen LogP contribution in [0.3, 0.4) is 0 Å². The number of carbonyl (C=O) groups excluding carboxylic acids is 1. The summed E-state index contributed by atoms with van der Waals surface area (Å²) in [7, 11) is 1.39. The molecule has 0 fully saturated rings. The molecule has 2 heterocycles. The predicted octanol–water partition coefficient (Wildman–Crippen LogP) is 4.31. The molecule has 2 aromatic carbocycles. The van der Waals surface area contributed by atoms with Gasteiger partial charge in [0.15, 0.2) is 11.6 Å². The first-order valence-corrected chi connectivity index (χ1v) is 9.61. The maximum Gasteiger partial charge on any atom is 0.450 e. The number of ether oxygens (including phenoxy) is 1. The maximum atomic E-state index is 13.6. The molecule has 0 aliphatic carbocycles. The summed E-state index contributed by atoms with van der Waals surface area (Å²) >= 11 is 0. The van der Waals surface area contributed by atoms with Crippen LogP contribution in [0, 0.1) is 17.0 Å². The van der Waals surface area contributed by atoms with Crippen molar-refractivity contribution in [1.29, 1.82) is 0 Å². The summed E-state index contributed by atoms with van der Waals surface area (Å²) in [4.78, 5) is 34.6. The Morgan fingerprint density at radius 1 is 1.15 bits per heavy atom. The standard InChI is InChI=1S/C21H15F3N6O4/c1-11-3-4-12(7-16(11)30(32)33)19(31)28-17-9-26-18(10-25-17)29-15-6-5-13(34-2)8-14(15)27-20(29)21(22,23)24/h3-10H,1-2H3,(H,25,28,31). The Balaban J connectivity index is 1.66. The van der Waals surface area contributed by atoms with Gasteiger partial charge in [-0.1, -0.05) is 6.07 Å². The third-order valence-corrected chi connectivity index (χ3v) is 4.89. The fourth-order valence-corrected chi connectivity index (χ4v) is 3.25. The highest BCUT2D eigenvalue weighted by Crippen LogP contribution is 2.34. The zero-order valence-electron chi connectivity index (χ0n) is 17.6. The molecular formula is C21H15F3N6O4. The number of hydrogen-bond acceptors (Lipinski definition) is 7. The maximum absolute atomic E-state index is 13.6. The SMILES string of the molecule is COc1ccc2c(c1)nc(C(F)(F)F)n2-c1cnc(NC(=O)c2ccc(C)c([N+](=O)[O-])c2)cn1. The van der Waals surface area contributed by atoms with E-state index in [2.05, 4.69) is 20.3 Å². The minimum absolute atomic E-state index is 0.0112. The molecule has 4 rings (SSSR count). The third kappa shape index (κ3) is 4.22. The quantitative estimate of drug-likeness (QED) is 0.339. The van der Waals surface area contributed by atoms with Gasteiger partial charge in [-0.2, -0.15) is 13.2 Å². The molecule has 1 amide bonds. The van der Waals surface area contributed by atoms with Crippen LogP contribution < -0.4 is 10.1 Å². The van der Waals surface area contributed by atoms with Crippen molar-refractivity contribution in [2.75, 3.05) is 12.4 Å². The van der Waals surface area contributed by atoms with Crippen LogP contribution in [-0.2, 0) is 6.18 Å². The van der Waals surface area contributed by atoms with E-state index in [1.165, 1.54) is 44.4 Å². The van der Waals surface area contributed by atoms with E-state index in [4.69, 9.17) is 4.74 Å². The summed E-state index contributed by atoms with van der Waals surface area (Å²) in [6, 6.07) is 8.22. The molecule has 0 saturated heterocycles. The zero-order chi connectivity index (χ0) is 24.6. The number of fused-ring (bicyclic) bond motifs is 1. The van der Waals surface area contributed by atoms with Gasteiger partial charge in [-0.05, 0) is 25.1 Å².